The van der Waals surface area contributed by atoms with Crippen LogP contribution in [0.1, 0.15) is 56.1 Å². The van der Waals surface area contributed by atoms with E-state index in [-0.39, 0.29) is 10.7 Å². The molecular weight excluding hydrogens is 276 g/mol. The summed E-state index contributed by atoms with van der Waals surface area (Å²) in [5.41, 5.74) is 0.589. The molecule has 0 fully saturated rings. The highest BCUT2D eigenvalue weighted by molar-refractivity contribution is 7.84. The summed E-state index contributed by atoms with van der Waals surface area (Å²) in [6.07, 6.45) is 1.71. The predicted octanol–water partition coefficient (Wildman–Crippen LogP) is 3.28. The molecule has 0 bridgehead atoms. The lowest BCUT2D eigenvalue weighted by Gasteiger charge is -2.13. The topological polar surface area (TPSA) is 69.1 Å². The van der Waals surface area contributed by atoms with Gasteiger partial charge in [-0.05, 0) is 13.8 Å². The highest BCUT2D eigenvalue weighted by Gasteiger charge is 2.24. The molecule has 2 heterocycles. The van der Waals surface area contributed by atoms with Gasteiger partial charge in [-0.15, -0.1) is 0 Å². The molecule has 2 atom stereocenters. The van der Waals surface area contributed by atoms with Crippen LogP contribution in [0.4, 0.5) is 0 Å². The van der Waals surface area contributed by atoms with Crippen LogP contribution in [0.15, 0.2) is 21.2 Å². The summed E-state index contributed by atoms with van der Waals surface area (Å²) >= 11 is 0. The maximum Gasteiger partial charge on any atom is 0.209 e. The molecule has 2 aromatic rings. The van der Waals surface area contributed by atoms with Crippen molar-refractivity contribution in [1.29, 1.82) is 0 Å². The van der Waals surface area contributed by atoms with Crippen LogP contribution in [0.25, 0.3) is 0 Å². The molecule has 0 aliphatic carbocycles. The summed E-state index contributed by atoms with van der Waals surface area (Å²) in [6, 6.07) is 1.79. The molecule has 2 aromatic heterocycles. The second-order valence-electron chi connectivity index (χ2n) is 5.91. The zero-order valence-corrected chi connectivity index (χ0v) is 13.3. The van der Waals surface area contributed by atoms with Gasteiger partial charge in [-0.1, -0.05) is 25.9 Å². The molecule has 6 heteroatoms. The van der Waals surface area contributed by atoms with Crippen LogP contribution in [-0.2, 0) is 22.0 Å². The van der Waals surface area contributed by atoms with Crippen molar-refractivity contribution in [2.75, 3.05) is 0 Å². The first-order valence-corrected chi connectivity index (χ1v) is 7.91. The van der Waals surface area contributed by atoms with Crippen molar-refractivity contribution in [2.24, 2.45) is 0 Å². The summed E-state index contributed by atoms with van der Waals surface area (Å²) in [7, 11) is -1.15. The van der Waals surface area contributed by atoms with E-state index < -0.39 is 10.8 Å². The Morgan fingerprint density at radius 3 is 2.60 bits per heavy atom. The monoisotopic (exact) mass is 296 g/mol. The molecule has 0 amide bonds. The summed E-state index contributed by atoms with van der Waals surface area (Å²) in [4.78, 5) is 4.25. The highest BCUT2D eigenvalue weighted by atomic mass is 32.2. The molecule has 110 valence electrons. The van der Waals surface area contributed by atoms with Crippen molar-refractivity contribution in [3.8, 4) is 0 Å². The van der Waals surface area contributed by atoms with Gasteiger partial charge in [0.1, 0.15) is 16.8 Å². The van der Waals surface area contributed by atoms with Crippen molar-refractivity contribution in [3.63, 3.8) is 0 Å². The second kappa shape index (κ2) is 5.52. The van der Waals surface area contributed by atoms with Gasteiger partial charge >= 0.3 is 0 Å². The Labute approximate surface area is 121 Å². The van der Waals surface area contributed by atoms with Crippen LogP contribution < -0.4 is 0 Å². The zero-order valence-electron chi connectivity index (χ0n) is 12.5. The van der Waals surface area contributed by atoms with E-state index in [1.807, 2.05) is 13.8 Å². The first-order chi connectivity index (χ1) is 9.27. The Balaban J connectivity index is 2.08. The third kappa shape index (κ3) is 3.36. The minimum atomic E-state index is -1.15. The van der Waals surface area contributed by atoms with E-state index in [1.54, 1.807) is 12.3 Å². The van der Waals surface area contributed by atoms with Gasteiger partial charge in [0.05, 0.1) is 17.6 Å². The summed E-state index contributed by atoms with van der Waals surface area (Å²) in [5.74, 6) is 2.36. The van der Waals surface area contributed by atoms with Crippen molar-refractivity contribution in [3.05, 3.63) is 35.4 Å². The maximum absolute atomic E-state index is 12.3. The summed E-state index contributed by atoms with van der Waals surface area (Å²) in [5, 5.41) is 3.58. The minimum absolute atomic E-state index is 0.102. The third-order valence-electron chi connectivity index (χ3n) is 2.97. The minimum Gasteiger partial charge on any atom is -0.444 e. The van der Waals surface area contributed by atoms with E-state index in [1.165, 1.54) is 0 Å². The van der Waals surface area contributed by atoms with E-state index >= 15 is 0 Å². The first kappa shape index (κ1) is 15.0. The number of oxazole rings is 1. The average Bonchev–Trinajstić information content (AvgIpc) is 2.96. The number of nitrogens with zero attached hydrogens (tertiary/aromatic N) is 2. The Morgan fingerprint density at radius 2 is 2.10 bits per heavy atom. The fourth-order valence-electron chi connectivity index (χ4n) is 1.69. The molecule has 0 saturated heterocycles. The highest BCUT2D eigenvalue weighted by Crippen LogP contribution is 2.27. The van der Waals surface area contributed by atoms with Gasteiger partial charge in [-0.2, -0.15) is 0 Å². The molecule has 0 radical (unpaired) electrons. The largest absolute Gasteiger partial charge is 0.444 e. The van der Waals surface area contributed by atoms with Gasteiger partial charge in [0.25, 0.3) is 0 Å². The lowest BCUT2D eigenvalue weighted by Crippen LogP contribution is -2.09. The average molecular weight is 296 g/mol. The van der Waals surface area contributed by atoms with Crippen LogP contribution in [0, 0.1) is 6.92 Å². The lowest BCUT2D eigenvalue weighted by atomic mass is 9.94. The van der Waals surface area contributed by atoms with E-state index in [0.29, 0.717) is 17.3 Å². The van der Waals surface area contributed by atoms with Gasteiger partial charge in [0, 0.05) is 22.3 Å². The second-order valence-corrected chi connectivity index (χ2v) is 7.67. The van der Waals surface area contributed by atoms with Gasteiger partial charge in [-0.25, -0.2) is 4.98 Å². The van der Waals surface area contributed by atoms with E-state index in [4.69, 9.17) is 8.94 Å². The predicted molar refractivity (Wildman–Crippen MR) is 76.7 cm³/mol. The summed E-state index contributed by atoms with van der Waals surface area (Å²) < 4.78 is 23.0. The van der Waals surface area contributed by atoms with Crippen molar-refractivity contribution in [2.45, 2.75) is 51.0 Å². The van der Waals surface area contributed by atoms with Crippen LogP contribution in [-0.4, -0.2) is 14.3 Å². The Hall–Kier alpha value is -1.43. The van der Waals surface area contributed by atoms with Crippen molar-refractivity contribution < 1.29 is 13.1 Å². The zero-order chi connectivity index (χ0) is 14.9. The molecule has 0 aliphatic heterocycles. The van der Waals surface area contributed by atoms with E-state index in [9.17, 15) is 4.21 Å². The molecule has 0 aromatic carbocycles. The van der Waals surface area contributed by atoms with Crippen LogP contribution in [0.3, 0.4) is 0 Å². The fraction of sp³-hybridized carbons (Fsp3) is 0.571. The van der Waals surface area contributed by atoms with E-state index in [2.05, 4.69) is 30.9 Å². The van der Waals surface area contributed by atoms with Gasteiger partial charge < -0.3 is 8.94 Å². The first-order valence-electron chi connectivity index (χ1n) is 6.53. The SMILES string of the molecule is Cc1cc(C[S@](=O)[C@H](C)c2ncc(C(C)(C)C)o2)no1. The lowest BCUT2D eigenvalue weighted by molar-refractivity contribution is 0.382. The number of hydrogen-bond donors (Lipinski definition) is 0. The van der Waals surface area contributed by atoms with E-state index in [0.717, 1.165) is 11.5 Å². The molecule has 0 saturated carbocycles. The fourth-order valence-corrected chi connectivity index (χ4v) is 2.70. The molecule has 20 heavy (non-hydrogen) atoms. The number of aryl methyl sites for hydroxylation is 1. The molecule has 2 rings (SSSR count). The number of aromatic nitrogens is 2. The molecular formula is C14H20N2O3S. The standard InChI is InChI=1S/C14H20N2O3S/c1-9-6-11(16-19-9)8-20(17)10(2)13-15-7-12(18-13)14(3,4)5/h6-7,10H,8H2,1-5H3/t10-,20+/m1/s1. The molecule has 0 N–H and O–H groups in total. The molecule has 5 nitrogen and oxygen atoms in total. The smallest absolute Gasteiger partial charge is 0.209 e. The van der Waals surface area contributed by atoms with Crippen LogP contribution in [0.5, 0.6) is 0 Å². The van der Waals surface area contributed by atoms with Gasteiger partial charge in [-0.3, -0.25) is 4.21 Å². The maximum atomic E-state index is 12.3. The molecule has 0 unspecified atom stereocenters. The Kier molecular flexibility index (Phi) is 4.13. The van der Waals surface area contributed by atoms with Crippen LogP contribution >= 0.6 is 0 Å². The molecule has 0 spiro atoms. The Morgan fingerprint density at radius 1 is 1.40 bits per heavy atom. The van der Waals surface area contributed by atoms with Gasteiger partial charge in [0.15, 0.2) is 0 Å². The third-order valence-corrected chi connectivity index (χ3v) is 4.54. The quantitative estimate of drug-likeness (QED) is 0.866. The normalized spacial score (nSPS) is 15.2. The number of hydrogen-bond acceptors (Lipinski definition) is 5. The summed E-state index contributed by atoms with van der Waals surface area (Å²) in [6.45, 7) is 9.82. The van der Waals surface area contributed by atoms with Crippen LogP contribution in [0.2, 0.25) is 0 Å². The van der Waals surface area contributed by atoms with Gasteiger partial charge in [0.2, 0.25) is 5.89 Å². The van der Waals surface area contributed by atoms with Crippen molar-refractivity contribution in [1.82, 2.24) is 10.1 Å². The number of rotatable bonds is 4. The molecule has 0 aliphatic rings. The van der Waals surface area contributed by atoms with Crippen molar-refractivity contribution >= 4 is 10.8 Å². The Bertz CT molecular complexity index is 610.